The number of rotatable bonds is 4. The van der Waals surface area contributed by atoms with Crippen LogP contribution in [0.4, 0.5) is 5.69 Å². The lowest BCUT2D eigenvalue weighted by molar-refractivity contribution is -0.132. The van der Waals surface area contributed by atoms with E-state index in [0.717, 1.165) is 5.56 Å². The quantitative estimate of drug-likeness (QED) is 0.255. The van der Waals surface area contributed by atoms with Gasteiger partial charge in [0.25, 0.3) is 11.7 Å². The molecule has 0 aliphatic carbocycles. The zero-order chi connectivity index (χ0) is 23.9. The lowest BCUT2D eigenvalue weighted by Gasteiger charge is -2.26. The van der Waals surface area contributed by atoms with Crippen LogP contribution in [-0.4, -0.2) is 21.9 Å². The zero-order valence-corrected chi connectivity index (χ0v) is 19.4. The van der Waals surface area contributed by atoms with E-state index < -0.39 is 17.7 Å². The number of aliphatic hydroxyl groups excluding tert-OH is 1. The molecule has 3 aromatic rings. The highest BCUT2D eigenvalue weighted by Crippen LogP contribution is 2.43. The molecular formula is C26H21Cl2NO4. The number of aliphatic hydroxyl groups is 1. The first-order valence-electron chi connectivity index (χ1n) is 10.3. The van der Waals surface area contributed by atoms with Gasteiger partial charge in [0.05, 0.1) is 21.7 Å². The number of hydrogen-bond donors (Lipinski definition) is 2. The topological polar surface area (TPSA) is 77.8 Å². The van der Waals surface area contributed by atoms with Crippen LogP contribution < -0.4 is 4.90 Å². The number of aromatic hydroxyl groups is 1. The summed E-state index contributed by atoms with van der Waals surface area (Å²) in [7, 11) is 0. The number of Topliss-reactive ketones (excluding diaryl/α,β-unsaturated/α-hetero) is 1. The van der Waals surface area contributed by atoms with Crippen LogP contribution in [0.15, 0.2) is 72.3 Å². The van der Waals surface area contributed by atoms with E-state index in [-0.39, 0.29) is 27.7 Å². The van der Waals surface area contributed by atoms with Crippen molar-refractivity contribution in [2.45, 2.75) is 25.8 Å². The van der Waals surface area contributed by atoms with Crippen LogP contribution in [-0.2, 0) is 9.59 Å². The molecule has 0 saturated carbocycles. The molecular weight excluding hydrogens is 461 g/mol. The number of phenolic OH excluding ortho intramolecular Hbond substituents is 1. The van der Waals surface area contributed by atoms with Crippen LogP contribution in [0.1, 0.15) is 42.5 Å². The lowest BCUT2D eigenvalue weighted by Crippen LogP contribution is -2.29. The third-order valence-electron chi connectivity index (χ3n) is 5.66. The van der Waals surface area contributed by atoms with Crippen molar-refractivity contribution in [2.24, 2.45) is 0 Å². The number of ketones is 1. The van der Waals surface area contributed by atoms with E-state index in [1.54, 1.807) is 24.3 Å². The van der Waals surface area contributed by atoms with Gasteiger partial charge in [-0.25, -0.2) is 0 Å². The van der Waals surface area contributed by atoms with Crippen molar-refractivity contribution in [1.82, 2.24) is 0 Å². The van der Waals surface area contributed by atoms with E-state index in [2.05, 4.69) is 13.8 Å². The minimum absolute atomic E-state index is 0.0252. The summed E-state index contributed by atoms with van der Waals surface area (Å²) >= 11 is 12.1. The van der Waals surface area contributed by atoms with Crippen molar-refractivity contribution in [2.75, 3.05) is 4.90 Å². The Morgan fingerprint density at radius 3 is 2.24 bits per heavy atom. The highest BCUT2D eigenvalue weighted by atomic mass is 35.5. The number of phenols is 1. The summed E-state index contributed by atoms with van der Waals surface area (Å²) in [6.07, 6.45) is 0. The first-order chi connectivity index (χ1) is 15.7. The Morgan fingerprint density at radius 2 is 1.64 bits per heavy atom. The molecule has 5 nitrogen and oxygen atoms in total. The van der Waals surface area contributed by atoms with Gasteiger partial charge in [0, 0.05) is 11.3 Å². The first-order valence-corrected chi connectivity index (χ1v) is 11.1. The number of amides is 1. The molecule has 7 heteroatoms. The van der Waals surface area contributed by atoms with Crippen LogP contribution in [0, 0.1) is 0 Å². The Labute approximate surface area is 201 Å². The van der Waals surface area contributed by atoms with Gasteiger partial charge in [-0.1, -0.05) is 61.3 Å². The number of carbonyl (C=O) groups is 2. The first kappa shape index (κ1) is 22.9. The van der Waals surface area contributed by atoms with Gasteiger partial charge in [-0.15, -0.1) is 0 Å². The highest BCUT2D eigenvalue weighted by Gasteiger charge is 2.47. The predicted molar refractivity (Wildman–Crippen MR) is 130 cm³/mol. The van der Waals surface area contributed by atoms with Crippen molar-refractivity contribution in [3.63, 3.8) is 0 Å². The molecule has 0 aromatic heterocycles. The van der Waals surface area contributed by atoms with Crippen molar-refractivity contribution in [3.05, 3.63) is 99.0 Å². The number of benzene rings is 3. The van der Waals surface area contributed by atoms with Crippen LogP contribution in [0.25, 0.3) is 5.76 Å². The summed E-state index contributed by atoms with van der Waals surface area (Å²) in [6.45, 7) is 4.12. The standard InChI is InChI=1S/C26H21Cl2NO4/c1-14(2)15-6-9-18(10-7-15)29-23(16-4-3-5-19(30)12-16)22(25(32)26(29)33)24(31)17-8-11-20(27)21(28)13-17/h3-14,23,30-31H,1-2H3/b24-22-. The molecule has 33 heavy (non-hydrogen) atoms. The minimum atomic E-state index is -0.948. The van der Waals surface area contributed by atoms with Gasteiger partial charge in [0.1, 0.15) is 11.5 Å². The van der Waals surface area contributed by atoms with Crippen molar-refractivity contribution in [3.8, 4) is 5.75 Å². The number of nitrogens with zero attached hydrogens (tertiary/aromatic N) is 1. The summed E-state index contributed by atoms with van der Waals surface area (Å²) < 4.78 is 0. The SMILES string of the molecule is CC(C)c1ccc(N2C(=O)C(=O)/C(=C(\O)c3ccc(Cl)c(Cl)c3)C2c2cccc(O)c2)cc1. The summed E-state index contributed by atoms with van der Waals surface area (Å²) in [5, 5.41) is 21.7. The van der Waals surface area contributed by atoms with E-state index in [9.17, 15) is 19.8 Å². The molecule has 1 unspecified atom stereocenters. The molecule has 4 rings (SSSR count). The molecule has 1 amide bonds. The highest BCUT2D eigenvalue weighted by molar-refractivity contribution is 6.51. The molecule has 1 fully saturated rings. The third kappa shape index (κ3) is 4.22. The predicted octanol–water partition coefficient (Wildman–Crippen LogP) is 6.45. The molecule has 2 N–H and O–H groups in total. The summed E-state index contributed by atoms with van der Waals surface area (Å²) in [5.74, 6) is -1.71. The molecule has 3 aromatic carbocycles. The average Bonchev–Trinajstić information content (AvgIpc) is 3.06. The maximum absolute atomic E-state index is 13.2. The van der Waals surface area contributed by atoms with E-state index in [4.69, 9.17) is 23.2 Å². The van der Waals surface area contributed by atoms with Crippen molar-refractivity contribution < 1.29 is 19.8 Å². The van der Waals surface area contributed by atoms with Gasteiger partial charge in [-0.05, 0) is 59.5 Å². The van der Waals surface area contributed by atoms with Gasteiger partial charge in [0.2, 0.25) is 0 Å². The van der Waals surface area contributed by atoms with Gasteiger partial charge < -0.3 is 10.2 Å². The number of carbonyl (C=O) groups excluding carboxylic acids is 2. The molecule has 1 aliphatic heterocycles. The van der Waals surface area contributed by atoms with Crippen LogP contribution in [0.5, 0.6) is 5.75 Å². The van der Waals surface area contributed by atoms with Gasteiger partial charge in [-0.3, -0.25) is 14.5 Å². The summed E-state index contributed by atoms with van der Waals surface area (Å²) in [4.78, 5) is 27.7. The monoisotopic (exact) mass is 481 g/mol. The molecule has 0 spiro atoms. The maximum Gasteiger partial charge on any atom is 0.300 e. The average molecular weight is 482 g/mol. The van der Waals surface area contributed by atoms with Crippen molar-refractivity contribution in [1.29, 1.82) is 0 Å². The molecule has 0 bridgehead atoms. The lowest BCUT2D eigenvalue weighted by atomic mass is 9.95. The van der Waals surface area contributed by atoms with Gasteiger partial charge in [-0.2, -0.15) is 0 Å². The fraction of sp³-hybridized carbons (Fsp3) is 0.154. The van der Waals surface area contributed by atoms with Crippen LogP contribution in [0.2, 0.25) is 10.0 Å². The van der Waals surface area contributed by atoms with E-state index in [1.165, 1.54) is 35.2 Å². The summed E-state index contributed by atoms with van der Waals surface area (Å²) in [6, 6.07) is 17.1. The van der Waals surface area contributed by atoms with E-state index in [0.29, 0.717) is 22.2 Å². The van der Waals surface area contributed by atoms with E-state index >= 15 is 0 Å². The van der Waals surface area contributed by atoms with Crippen molar-refractivity contribution >= 4 is 46.3 Å². The zero-order valence-electron chi connectivity index (χ0n) is 17.9. The molecule has 1 aliphatic rings. The molecule has 1 atom stereocenters. The Bertz CT molecular complexity index is 1280. The second kappa shape index (κ2) is 8.93. The second-order valence-corrected chi connectivity index (χ2v) is 8.95. The second-order valence-electron chi connectivity index (χ2n) is 8.14. The minimum Gasteiger partial charge on any atom is -0.508 e. The van der Waals surface area contributed by atoms with E-state index in [1.807, 2.05) is 12.1 Å². The molecule has 1 saturated heterocycles. The molecule has 1 heterocycles. The van der Waals surface area contributed by atoms with Gasteiger partial charge in [0.15, 0.2) is 0 Å². The third-order valence-corrected chi connectivity index (χ3v) is 6.40. The smallest absolute Gasteiger partial charge is 0.300 e. The molecule has 0 radical (unpaired) electrons. The Balaban J connectivity index is 1.93. The maximum atomic E-state index is 13.2. The van der Waals surface area contributed by atoms with Crippen LogP contribution >= 0.6 is 23.2 Å². The summed E-state index contributed by atoms with van der Waals surface area (Å²) in [5.41, 5.74) is 2.21. The Morgan fingerprint density at radius 1 is 0.939 bits per heavy atom. The fourth-order valence-corrected chi connectivity index (χ4v) is 4.23. The fourth-order valence-electron chi connectivity index (χ4n) is 3.93. The normalized spacial score (nSPS) is 17.7. The molecule has 168 valence electrons. The number of halogens is 2. The van der Waals surface area contributed by atoms with Crippen LogP contribution in [0.3, 0.4) is 0 Å². The number of anilines is 1. The number of hydrogen-bond acceptors (Lipinski definition) is 4. The Hall–Kier alpha value is -3.28. The van der Waals surface area contributed by atoms with Gasteiger partial charge >= 0.3 is 0 Å². The Kier molecular flexibility index (Phi) is 6.19. The largest absolute Gasteiger partial charge is 0.508 e.